The number of aromatic nitrogens is 2. The Morgan fingerprint density at radius 2 is 2.16 bits per heavy atom. The lowest BCUT2D eigenvalue weighted by Gasteiger charge is -2.12. The maximum atomic E-state index is 10.3. The smallest absolute Gasteiger partial charge is 0.0793 e. The fraction of sp³-hybridized carbons (Fsp3) is 0.438. The fourth-order valence-corrected chi connectivity index (χ4v) is 2.87. The number of hydrogen-bond acceptors (Lipinski definition) is 2. The molecule has 3 rings (SSSR count). The molecule has 0 fully saturated rings. The standard InChI is InChI=1S/C16H20N2O/c1-18-11-12(10-17-18)5-8-16(19)15-7-6-13-3-2-4-14(13)9-15/h6-7,9-11,16,19H,2-5,8H2,1H3. The van der Waals surface area contributed by atoms with Gasteiger partial charge >= 0.3 is 0 Å². The highest BCUT2D eigenvalue weighted by atomic mass is 16.3. The van der Waals surface area contributed by atoms with Crippen molar-refractivity contribution >= 4 is 0 Å². The molecule has 1 aliphatic rings. The van der Waals surface area contributed by atoms with Gasteiger partial charge < -0.3 is 5.11 Å². The Kier molecular flexibility index (Phi) is 3.38. The van der Waals surface area contributed by atoms with E-state index in [1.807, 2.05) is 19.4 Å². The molecule has 3 heteroatoms. The van der Waals surface area contributed by atoms with Crippen LogP contribution in [0.15, 0.2) is 30.6 Å². The minimum atomic E-state index is -0.369. The van der Waals surface area contributed by atoms with Crippen LogP contribution < -0.4 is 0 Å². The van der Waals surface area contributed by atoms with Crippen molar-refractivity contribution in [2.24, 2.45) is 7.05 Å². The van der Waals surface area contributed by atoms with Crippen LogP contribution in [-0.4, -0.2) is 14.9 Å². The highest BCUT2D eigenvalue weighted by Gasteiger charge is 2.14. The van der Waals surface area contributed by atoms with Crippen molar-refractivity contribution < 1.29 is 5.11 Å². The van der Waals surface area contributed by atoms with E-state index >= 15 is 0 Å². The van der Waals surface area contributed by atoms with Gasteiger partial charge in [0.25, 0.3) is 0 Å². The Labute approximate surface area is 113 Å². The second kappa shape index (κ2) is 5.17. The molecule has 0 spiro atoms. The van der Waals surface area contributed by atoms with Gasteiger partial charge in [0, 0.05) is 13.2 Å². The Morgan fingerprint density at radius 3 is 2.95 bits per heavy atom. The second-order valence-electron chi connectivity index (χ2n) is 5.46. The van der Waals surface area contributed by atoms with Crippen LogP contribution in [0.5, 0.6) is 0 Å². The van der Waals surface area contributed by atoms with E-state index in [2.05, 4.69) is 23.3 Å². The number of fused-ring (bicyclic) bond motifs is 1. The zero-order valence-electron chi connectivity index (χ0n) is 11.3. The van der Waals surface area contributed by atoms with Gasteiger partial charge in [0.1, 0.15) is 0 Å². The van der Waals surface area contributed by atoms with Gasteiger partial charge in [-0.25, -0.2) is 0 Å². The van der Waals surface area contributed by atoms with E-state index in [4.69, 9.17) is 0 Å². The number of hydrogen-bond donors (Lipinski definition) is 1. The van der Waals surface area contributed by atoms with Crippen LogP contribution in [0.1, 0.15) is 41.2 Å². The van der Waals surface area contributed by atoms with Crippen LogP contribution in [0.3, 0.4) is 0 Å². The molecule has 1 aromatic heterocycles. The van der Waals surface area contributed by atoms with Gasteiger partial charge in [-0.3, -0.25) is 4.68 Å². The molecule has 0 saturated heterocycles. The number of aliphatic hydroxyl groups excluding tert-OH is 1. The Balaban J connectivity index is 1.65. The van der Waals surface area contributed by atoms with Gasteiger partial charge in [0.15, 0.2) is 0 Å². The number of aryl methyl sites for hydroxylation is 4. The highest BCUT2D eigenvalue weighted by Crippen LogP contribution is 2.27. The third-order valence-corrected chi connectivity index (χ3v) is 3.97. The number of rotatable bonds is 4. The minimum Gasteiger partial charge on any atom is -0.388 e. The summed E-state index contributed by atoms with van der Waals surface area (Å²) in [6, 6.07) is 6.46. The van der Waals surface area contributed by atoms with E-state index in [0.717, 1.165) is 18.4 Å². The van der Waals surface area contributed by atoms with Gasteiger partial charge in [-0.05, 0) is 54.4 Å². The highest BCUT2D eigenvalue weighted by molar-refractivity contribution is 5.36. The molecular formula is C16H20N2O. The topological polar surface area (TPSA) is 38.0 Å². The Hall–Kier alpha value is -1.61. The molecule has 19 heavy (non-hydrogen) atoms. The maximum absolute atomic E-state index is 10.3. The van der Waals surface area contributed by atoms with Crippen LogP contribution in [0.2, 0.25) is 0 Å². The maximum Gasteiger partial charge on any atom is 0.0793 e. The Bertz CT molecular complexity index is 574. The predicted molar refractivity (Wildman–Crippen MR) is 75.0 cm³/mol. The van der Waals surface area contributed by atoms with Crippen LogP contribution in [0, 0.1) is 0 Å². The van der Waals surface area contributed by atoms with E-state index in [0.29, 0.717) is 0 Å². The molecule has 1 aromatic carbocycles. The first-order chi connectivity index (χ1) is 9.22. The number of nitrogens with zero attached hydrogens (tertiary/aromatic N) is 2. The first-order valence-corrected chi connectivity index (χ1v) is 6.99. The molecule has 0 bridgehead atoms. The molecule has 1 heterocycles. The molecule has 0 radical (unpaired) electrons. The lowest BCUT2D eigenvalue weighted by Crippen LogP contribution is -2.00. The summed E-state index contributed by atoms with van der Waals surface area (Å²) in [5.41, 5.74) is 5.13. The predicted octanol–water partition coefficient (Wildman–Crippen LogP) is 2.58. The molecule has 1 N–H and O–H groups in total. The summed E-state index contributed by atoms with van der Waals surface area (Å²) < 4.78 is 1.80. The summed E-state index contributed by atoms with van der Waals surface area (Å²) in [6.07, 6.45) is 8.75. The van der Waals surface area contributed by atoms with Gasteiger partial charge in [0.2, 0.25) is 0 Å². The lowest BCUT2D eigenvalue weighted by molar-refractivity contribution is 0.168. The molecule has 2 aromatic rings. The largest absolute Gasteiger partial charge is 0.388 e. The van der Waals surface area contributed by atoms with Crippen molar-refractivity contribution in [1.29, 1.82) is 0 Å². The minimum absolute atomic E-state index is 0.369. The van der Waals surface area contributed by atoms with Crippen LogP contribution in [0.25, 0.3) is 0 Å². The van der Waals surface area contributed by atoms with Crippen LogP contribution >= 0.6 is 0 Å². The molecule has 1 atom stereocenters. The van der Waals surface area contributed by atoms with Crippen LogP contribution in [0.4, 0.5) is 0 Å². The summed E-state index contributed by atoms with van der Waals surface area (Å²) >= 11 is 0. The lowest BCUT2D eigenvalue weighted by atomic mass is 9.99. The SMILES string of the molecule is Cn1cc(CCC(O)c2ccc3c(c2)CCC3)cn1. The van der Waals surface area contributed by atoms with E-state index < -0.39 is 0 Å². The molecule has 0 amide bonds. The van der Waals surface area contributed by atoms with E-state index in [1.165, 1.54) is 36.0 Å². The second-order valence-corrected chi connectivity index (χ2v) is 5.46. The molecule has 1 unspecified atom stereocenters. The van der Waals surface area contributed by atoms with E-state index in [1.54, 1.807) is 4.68 Å². The monoisotopic (exact) mass is 256 g/mol. The first kappa shape index (κ1) is 12.4. The van der Waals surface area contributed by atoms with E-state index in [9.17, 15) is 5.11 Å². The normalized spacial score (nSPS) is 15.5. The third kappa shape index (κ3) is 2.71. The Morgan fingerprint density at radius 1 is 1.32 bits per heavy atom. The average Bonchev–Trinajstić information content (AvgIpc) is 3.03. The zero-order valence-corrected chi connectivity index (χ0v) is 11.3. The molecular weight excluding hydrogens is 236 g/mol. The first-order valence-electron chi connectivity index (χ1n) is 6.99. The van der Waals surface area contributed by atoms with Gasteiger partial charge in [-0.2, -0.15) is 5.10 Å². The summed E-state index contributed by atoms with van der Waals surface area (Å²) in [4.78, 5) is 0. The average molecular weight is 256 g/mol. The van der Waals surface area contributed by atoms with Crippen molar-refractivity contribution in [3.63, 3.8) is 0 Å². The van der Waals surface area contributed by atoms with Crippen molar-refractivity contribution in [2.45, 2.75) is 38.2 Å². The summed E-state index contributed by atoms with van der Waals surface area (Å²) in [6.45, 7) is 0. The molecule has 0 aliphatic heterocycles. The van der Waals surface area contributed by atoms with Crippen molar-refractivity contribution in [1.82, 2.24) is 9.78 Å². The summed E-state index contributed by atoms with van der Waals surface area (Å²) in [7, 11) is 1.92. The number of aliphatic hydroxyl groups is 1. The summed E-state index contributed by atoms with van der Waals surface area (Å²) in [5.74, 6) is 0. The zero-order chi connectivity index (χ0) is 13.2. The van der Waals surface area contributed by atoms with Gasteiger partial charge in [-0.15, -0.1) is 0 Å². The molecule has 1 aliphatic carbocycles. The fourth-order valence-electron chi connectivity index (χ4n) is 2.87. The molecule has 0 saturated carbocycles. The van der Waals surface area contributed by atoms with Crippen molar-refractivity contribution in [3.8, 4) is 0 Å². The molecule has 3 nitrogen and oxygen atoms in total. The summed E-state index contributed by atoms with van der Waals surface area (Å²) in [5, 5.41) is 14.4. The van der Waals surface area contributed by atoms with Gasteiger partial charge in [-0.1, -0.05) is 18.2 Å². The number of benzene rings is 1. The third-order valence-electron chi connectivity index (χ3n) is 3.97. The van der Waals surface area contributed by atoms with E-state index in [-0.39, 0.29) is 6.10 Å². The quantitative estimate of drug-likeness (QED) is 0.913. The van der Waals surface area contributed by atoms with Crippen molar-refractivity contribution in [3.05, 3.63) is 52.8 Å². The van der Waals surface area contributed by atoms with Crippen molar-refractivity contribution in [2.75, 3.05) is 0 Å². The molecule has 100 valence electrons. The van der Waals surface area contributed by atoms with Crippen LogP contribution in [-0.2, 0) is 26.3 Å². The van der Waals surface area contributed by atoms with Gasteiger partial charge in [0.05, 0.1) is 12.3 Å².